The Hall–Kier alpha value is -2.43. The van der Waals surface area contributed by atoms with Gasteiger partial charge in [-0.15, -0.1) is 0 Å². The van der Waals surface area contributed by atoms with Crippen LogP contribution in [0.2, 0.25) is 0 Å². The molecule has 0 heterocycles. The summed E-state index contributed by atoms with van der Waals surface area (Å²) in [5, 5.41) is 9.05. The zero-order chi connectivity index (χ0) is 26.5. The highest BCUT2D eigenvalue weighted by atomic mass is 16.5. The van der Waals surface area contributed by atoms with Crippen LogP contribution in [-0.2, 0) is 20.7 Å². The monoisotopic (exact) mass is 506 g/mol. The summed E-state index contributed by atoms with van der Waals surface area (Å²) in [6, 6.07) is 17.4. The van der Waals surface area contributed by atoms with Crippen LogP contribution in [0.3, 0.4) is 0 Å². The number of hydrogen-bond acceptors (Lipinski definition) is 4. The molecule has 4 nitrogen and oxygen atoms in total. The van der Waals surface area contributed by atoms with Crippen LogP contribution in [0.25, 0.3) is 11.1 Å². The Morgan fingerprint density at radius 1 is 0.919 bits per heavy atom. The maximum atomic E-state index is 11.9. The second-order valence-electron chi connectivity index (χ2n) is 10.8. The number of carbonyl (C=O) groups is 1. The summed E-state index contributed by atoms with van der Waals surface area (Å²) in [5.74, 6) is 1.23. The Labute approximate surface area is 224 Å². The third-order valence-corrected chi connectivity index (χ3v) is 7.96. The third kappa shape index (κ3) is 9.43. The largest absolute Gasteiger partial charge is 0.462 e. The smallest absolute Gasteiger partial charge is 0.335 e. The van der Waals surface area contributed by atoms with Gasteiger partial charge in [0.25, 0.3) is 0 Å². The summed E-state index contributed by atoms with van der Waals surface area (Å²) < 4.78 is 10.6. The summed E-state index contributed by atoms with van der Waals surface area (Å²) in [6.07, 6.45) is 13.8. The van der Waals surface area contributed by atoms with E-state index in [1.54, 1.807) is 7.11 Å². The summed E-state index contributed by atoms with van der Waals surface area (Å²) in [4.78, 5) is 11.9. The molecule has 0 saturated heterocycles. The van der Waals surface area contributed by atoms with Crippen LogP contribution >= 0.6 is 0 Å². The molecule has 0 spiro atoms. The highest BCUT2D eigenvalue weighted by Crippen LogP contribution is 2.34. The van der Waals surface area contributed by atoms with Crippen molar-refractivity contribution >= 4 is 5.97 Å². The molecule has 202 valence electrons. The predicted molar refractivity (Wildman–Crippen MR) is 152 cm³/mol. The number of methoxy groups -OCH3 is 1. The van der Waals surface area contributed by atoms with Gasteiger partial charge >= 0.3 is 5.97 Å². The second kappa shape index (κ2) is 15.7. The number of aliphatic hydroxyl groups is 1. The van der Waals surface area contributed by atoms with Crippen LogP contribution < -0.4 is 0 Å². The zero-order valence-corrected chi connectivity index (χ0v) is 22.9. The van der Waals surface area contributed by atoms with Gasteiger partial charge in [0.1, 0.15) is 6.61 Å². The SMILES string of the molecule is C=C(CO)C(=O)OCC(COC)c1ccc(-c2ccc(CCC3CCC(CCCCC)CC3)cc2)cc1. The minimum Gasteiger partial charge on any atom is -0.462 e. The number of unbranched alkanes of at least 4 members (excludes halogenated alkanes) is 2. The highest BCUT2D eigenvalue weighted by molar-refractivity contribution is 5.87. The Bertz CT molecular complexity index is 939. The Balaban J connectivity index is 1.48. The van der Waals surface area contributed by atoms with Crippen molar-refractivity contribution in [3.63, 3.8) is 0 Å². The first-order valence-electron chi connectivity index (χ1n) is 14.2. The van der Waals surface area contributed by atoms with Crippen LogP contribution in [-0.4, -0.2) is 38.0 Å². The first-order valence-corrected chi connectivity index (χ1v) is 14.2. The highest BCUT2D eigenvalue weighted by Gasteiger charge is 2.20. The molecule has 1 N–H and O–H groups in total. The van der Waals surface area contributed by atoms with E-state index in [0.29, 0.717) is 6.61 Å². The molecule has 1 atom stereocenters. The van der Waals surface area contributed by atoms with Gasteiger partial charge in [0, 0.05) is 13.0 Å². The van der Waals surface area contributed by atoms with Crippen molar-refractivity contribution in [3.8, 4) is 11.1 Å². The minimum atomic E-state index is -0.574. The predicted octanol–water partition coefficient (Wildman–Crippen LogP) is 7.49. The van der Waals surface area contributed by atoms with E-state index >= 15 is 0 Å². The van der Waals surface area contributed by atoms with Gasteiger partial charge in [-0.2, -0.15) is 0 Å². The molecule has 2 aromatic carbocycles. The van der Waals surface area contributed by atoms with E-state index in [-0.39, 0.29) is 18.1 Å². The number of ether oxygens (including phenoxy) is 2. The fourth-order valence-corrected chi connectivity index (χ4v) is 5.46. The van der Waals surface area contributed by atoms with Crippen molar-refractivity contribution in [1.29, 1.82) is 0 Å². The molecule has 0 amide bonds. The van der Waals surface area contributed by atoms with Gasteiger partial charge in [-0.05, 0) is 46.9 Å². The minimum absolute atomic E-state index is 0.0557. The van der Waals surface area contributed by atoms with Gasteiger partial charge in [-0.25, -0.2) is 4.79 Å². The third-order valence-electron chi connectivity index (χ3n) is 7.96. The Kier molecular flexibility index (Phi) is 12.4. The molecule has 0 aromatic heterocycles. The molecule has 0 aliphatic heterocycles. The molecule has 3 rings (SSSR count). The molecule has 0 radical (unpaired) electrons. The normalized spacial score (nSPS) is 18.4. The standard InChI is InChI=1S/C33H46O4/c1-4-5-6-7-26-8-10-27(11-9-26)12-13-28-14-16-29(17-15-28)30-18-20-31(21-19-30)32(23-36-3)24-37-33(35)25(2)22-34/h14-21,26-27,32,34H,2,4-13,22-24H2,1,3H3. The van der Waals surface area contributed by atoms with Gasteiger partial charge in [0.05, 0.1) is 18.8 Å². The molecule has 37 heavy (non-hydrogen) atoms. The maximum Gasteiger partial charge on any atom is 0.335 e. The lowest BCUT2D eigenvalue weighted by Gasteiger charge is -2.28. The Morgan fingerprint density at radius 2 is 1.51 bits per heavy atom. The van der Waals surface area contributed by atoms with Gasteiger partial charge in [-0.1, -0.05) is 113 Å². The van der Waals surface area contributed by atoms with E-state index in [2.05, 4.69) is 62.0 Å². The summed E-state index contributed by atoms with van der Waals surface area (Å²) in [7, 11) is 1.64. The lowest BCUT2D eigenvalue weighted by Crippen LogP contribution is -2.18. The van der Waals surface area contributed by atoms with Crippen molar-refractivity contribution in [1.82, 2.24) is 0 Å². The summed E-state index contributed by atoms with van der Waals surface area (Å²) in [5.41, 5.74) is 4.90. The first kappa shape index (κ1) is 29.1. The number of rotatable bonds is 15. The number of aliphatic hydroxyl groups excluding tert-OH is 1. The van der Waals surface area contributed by atoms with Crippen molar-refractivity contribution in [2.45, 2.75) is 77.0 Å². The van der Waals surface area contributed by atoms with Crippen LogP contribution in [0.1, 0.15) is 81.8 Å². The van der Waals surface area contributed by atoms with Crippen LogP contribution in [0.4, 0.5) is 0 Å². The quantitative estimate of drug-likeness (QED) is 0.154. The molecule has 1 saturated carbocycles. The van der Waals surface area contributed by atoms with Crippen molar-refractivity contribution < 1.29 is 19.4 Å². The second-order valence-corrected chi connectivity index (χ2v) is 10.8. The number of esters is 1. The summed E-state index contributed by atoms with van der Waals surface area (Å²) in [6.45, 7) is 6.03. The fourth-order valence-electron chi connectivity index (χ4n) is 5.46. The number of aryl methyl sites for hydroxylation is 1. The molecule has 1 aliphatic carbocycles. The average Bonchev–Trinajstić information content (AvgIpc) is 2.94. The average molecular weight is 507 g/mol. The molecule has 0 bridgehead atoms. The fraction of sp³-hybridized carbons (Fsp3) is 0.545. The van der Waals surface area contributed by atoms with Gasteiger partial charge < -0.3 is 14.6 Å². The topological polar surface area (TPSA) is 55.8 Å². The molecular weight excluding hydrogens is 460 g/mol. The van der Waals surface area contributed by atoms with Crippen LogP contribution in [0.5, 0.6) is 0 Å². The Morgan fingerprint density at radius 3 is 2.08 bits per heavy atom. The van der Waals surface area contributed by atoms with E-state index in [1.165, 1.54) is 80.9 Å². The van der Waals surface area contributed by atoms with Gasteiger partial charge in [0.15, 0.2) is 0 Å². The molecular formula is C33H46O4. The van der Waals surface area contributed by atoms with E-state index < -0.39 is 12.6 Å². The molecule has 1 unspecified atom stereocenters. The number of hydrogen-bond donors (Lipinski definition) is 1. The van der Waals surface area contributed by atoms with Crippen molar-refractivity contribution in [2.75, 3.05) is 26.9 Å². The van der Waals surface area contributed by atoms with Gasteiger partial charge in [0.2, 0.25) is 0 Å². The van der Waals surface area contributed by atoms with Crippen molar-refractivity contribution in [3.05, 3.63) is 71.8 Å². The van der Waals surface area contributed by atoms with E-state index in [9.17, 15) is 4.79 Å². The maximum absolute atomic E-state index is 11.9. The first-order chi connectivity index (χ1) is 18.0. The number of benzene rings is 2. The van der Waals surface area contributed by atoms with Crippen LogP contribution in [0, 0.1) is 11.8 Å². The molecule has 1 fully saturated rings. The zero-order valence-electron chi connectivity index (χ0n) is 22.9. The van der Waals surface area contributed by atoms with E-state index in [1.807, 2.05) is 0 Å². The van der Waals surface area contributed by atoms with E-state index in [0.717, 1.165) is 17.4 Å². The molecule has 4 heteroatoms. The lowest BCUT2D eigenvalue weighted by atomic mass is 9.78. The lowest BCUT2D eigenvalue weighted by molar-refractivity contribution is -0.140. The summed E-state index contributed by atoms with van der Waals surface area (Å²) >= 11 is 0. The van der Waals surface area contributed by atoms with E-state index in [4.69, 9.17) is 14.6 Å². The molecule has 1 aliphatic rings. The number of carbonyl (C=O) groups excluding carboxylic acids is 1. The van der Waals surface area contributed by atoms with Crippen molar-refractivity contribution in [2.24, 2.45) is 11.8 Å². The van der Waals surface area contributed by atoms with Crippen LogP contribution in [0.15, 0.2) is 60.7 Å². The van der Waals surface area contributed by atoms with Gasteiger partial charge in [-0.3, -0.25) is 0 Å². The molecule has 2 aromatic rings.